The molecule has 0 rings (SSSR count). The van der Waals surface area contributed by atoms with Crippen molar-refractivity contribution in [3.8, 4) is 0 Å². The highest BCUT2D eigenvalue weighted by atomic mass is 31.2. The molecule has 0 aromatic heterocycles. The van der Waals surface area contributed by atoms with Crippen LogP contribution in [0.1, 0.15) is 149 Å². The maximum atomic E-state index is 12.6. The van der Waals surface area contributed by atoms with Gasteiger partial charge in [-0.05, 0) is 70.6 Å². The van der Waals surface area contributed by atoms with Gasteiger partial charge >= 0.3 is 7.82 Å². The van der Waals surface area contributed by atoms with Crippen LogP contribution in [-0.2, 0) is 18.4 Å². The van der Waals surface area contributed by atoms with Crippen LogP contribution in [-0.4, -0.2) is 47.8 Å². The Morgan fingerprint density at radius 2 is 1.15 bits per heavy atom. The Kier molecular flexibility index (Phi) is 32.2. The summed E-state index contributed by atoms with van der Waals surface area (Å²) in [5.41, 5.74) is 5.34. The number of amides is 1. The minimum Gasteiger partial charge on any atom is -0.387 e. The van der Waals surface area contributed by atoms with Crippen LogP contribution in [0.15, 0.2) is 48.6 Å². The molecular formula is C37H69N2O6P. The molecule has 0 aliphatic heterocycles. The van der Waals surface area contributed by atoms with Gasteiger partial charge in [0.15, 0.2) is 0 Å². The number of rotatable bonds is 33. The molecule has 5 N–H and O–H groups in total. The van der Waals surface area contributed by atoms with Crippen molar-refractivity contribution in [3.05, 3.63) is 48.6 Å². The van der Waals surface area contributed by atoms with E-state index in [9.17, 15) is 19.4 Å². The van der Waals surface area contributed by atoms with Gasteiger partial charge in [-0.1, -0.05) is 120 Å². The Morgan fingerprint density at radius 3 is 1.72 bits per heavy atom. The van der Waals surface area contributed by atoms with E-state index in [2.05, 4.69) is 55.6 Å². The third kappa shape index (κ3) is 31.1. The van der Waals surface area contributed by atoms with E-state index in [1.54, 1.807) is 6.08 Å². The molecule has 0 heterocycles. The summed E-state index contributed by atoms with van der Waals surface area (Å²) in [5.74, 6) is -0.222. The quantitative estimate of drug-likeness (QED) is 0.0311. The summed E-state index contributed by atoms with van der Waals surface area (Å²) in [6, 6.07) is -0.885. The van der Waals surface area contributed by atoms with Gasteiger partial charge in [0, 0.05) is 13.0 Å². The van der Waals surface area contributed by atoms with Crippen LogP contribution < -0.4 is 11.1 Å². The lowest BCUT2D eigenvalue weighted by molar-refractivity contribution is -0.123. The van der Waals surface area contributed by atoms with Crippen LogP contribution >= 0.6 is 7.82 Å². The molecule has 0 radical (unpaired) electrons. The second-order valence-corrected chi connectivity index (χ2v) is 13.5. The first-order valence-corrected chi connectivity index (χ1v) is 19.8. The lowest BCUT2D eigenvalue weighted by Crippen LogP contribution is -2.45. The van der Waals surface area contributed by atoms with E-state index < -0.39 is 20.0 Å². The van der Waals surface area contributed by atoms with E-state index in [1.807, 2.05) is 6.08 Å². The maximum Gasteiger partial charge on any atom is 0.472 e. The molecule has 3 atom stereocenters. The minimum atomic E-state index is -4.34. The van der Waals surface area contributed by atoms with Gasteiger partial charge in [-0.2, -0.15) is 0 Å². The Labute approximate surface area is 282 Å². The van der Waals surface area contributed by atoms with Crippen molar-refractivity contribution in [3.63, 3.8) is 0 Å². The summed E-state index contributed by atoms with van der Waals surface area (Å²) in [7, 11) is -4.34. The summed E-state index contributed by atoms with van der Waals surface area (Å²) in [6.45, 7) is 4.03. The highest BCUT2D eigenvalue weighted by Gasteiger charge is 2.26. The normalized spacial score (nSPS) is 15.0. The highest BCUT2D eigenvalue weighted by Crippen LogP contribution is 2.43. The highest BCUT2D eigenvalue weighted by molar-refractivity contribution is 7.47. The van der Waals surface area contributed by atoms with Gasteiger partial charge in [-0.3, -0.25) is 13.8 Å². The number of aliphatic hydroxyl groups is 1. The number of unbranched alkanes of at least 4 members (excludes halogenated alkanes) is 15. The summed E-state index contributed by atoms with van der Waals surface area (Å²) in [6.07, 6.45) is 38.7. The van der Waals surface area contributed by atoms with Crippen molar-refractivity contribution in [1.29, 1.82) is 0 Å². The van der Waals surface area contributed by atoms with Crippen molar-refractivity contribution in [1.82, 2.24) is 5.32 Å². The zero-order valence-corrected chi connectivity index (χ0v) is 30.2. The van der Waals surface area contributed by atoms with E-state index in [4.69, 9.17) is 14.8 Å². The largest absolute Gasteiger partial charge is 0.472 e. The van der Waals surface area contributed by atoms with Crippen LogP contribution in [0, 0.1) is 0 Å². The summed E-state index contributed by atoms with van der Waals surface area (Å²) in [4.78, 5) is 22.5. The van der Waals surface area contributed by atoms with Gasteiger partial charge in [0.25, 0.3) is 0 Å². The van der Waals surface area contributed by atoms with Crippen molar-refractivity contribution in [2.45, 2.75) is 161 Å². The molecular weight excluding hydrogens is 599 g/mol. The van der Waals surface area contributed by atoms with Crippen LogP contribution in [0.3, 0.4) is 0 Å². The summed E-state index contributed by atoms with van der Waals surface area (Å²) < 4.78 is 22.0. The van der Waals surface area contributed by atoms with Gasteiger partial charge in [0.05, 0.1) is 25.4 Å². The molecule has 0 bridgehead atoms. The van der Waals surface area contributed by atoms with Gasteiger partial charge < -0.3 is 21.1 Å². The molecule has 0 saturated heterocycles. The molecule has 1 amide bonds. The Morgan fingerprint density at radius 1 is 0.696 bits per heavy atom. The molecule has 0 saturated carbocycles. The molecule has 0 spiro atoms. The zero-order chi connectivity index (χ0) is 34.0. The van der Waals surface area contributed by atoms with Crippen molar-refractivity contribution in [2.24, 2.45) is 5.73 Å². The number of carbonyl (C=O) groups is 1. The number of phosphoric ester groups is 1. The van der Waals surface area contributed by atoms with Crippen LogP contribution in [0.5, 0.6) is 0 Å². The molecule has 0 aliphatic carbocycles. The van der Waals surface area contributed by atoms with E-state index in [0.717, 1.165) is 64.2 Å². The maximum absolute atomic E-state index is 12.6. The zero-order valence-electron chi connectivity index (χ0n) is 29.3. The molecule has 268 valence electrons. The number of phosphoric acid groups is 1. The summed E-state index contributed by atoms with van der Waals surface area (Å²) >= 11 is 0. The Hall–Kier alpha value is -1.54. The fourth-order valence-electron chi connectivity index (χ4n) is 4.80. The van der Waals surface area contributed by atoms with Crippen molar-refractivity contribution in [2.75, 3.05) is 19.8 Å². The predicted molar refractivity (Wildman–Crippen MR) is 194 cm³/mol. The molecule has 9 heteroatoms. The van der Waals surface area contributed by atoms with Crippen LogP contribution in [0.2, 0.25) is 0 Å². The van der Waals surface area contributed by atoms with Crippen molar-refractivity contribution >= 4 is 13.7 Å². The molecule has 0 aromatic rings. The third-order valence-corrected chi connectivity index (χ3v) is 8.59. The monoisotopic (exact) mass is 668 g/mol. The predicted octanol–water partition coefficient (Wildman–Crippen LogP) is 9.38. The molecule has 3 unspecified atom stereocenters. The smallest absolute Gasteiger partial charge is 0.387 e. The van der Waals surface area contributed by atoms with Crippen molar-refractivity contribution < 1.29 is 28.4 Å². The minimum absolute atomic E-state index is 0.0690. The van der Waals surface area contributed by atoms with E-state index in [0.29, 0.717) is 6.42 Å². The lowest BCUT2D eigenvalue weighted by atomic mass is 10.1. The second-order valence-electron chi connectivity index (χ2n) is 12.1. The molecule has 46 heavy (non-hydrogen) atoms. The fraction of sp³-hybridized carbons (Fsp3) is 0.757. The third-order valence-electron chi connectivity index (χ3n) is 7.60. The SMILES string of the molecule is CCCCC/C=C\CCCCCCCC(=O)NC(COP(=O)(O)OCCN)C(O)/C=C/CC/C=C/CC/C=C/CCCCCCC. The average Bonchev–Trinajstić information content (AvgIpc) is 3.04. The molecule has 0 fully saturated rings. The average molecular weight is 669 g/mol. The van der Waals surface area contributed by atoms with Gasteiger partial charge in [-0.25, -0.2) is 4.57 Å². The topological polar surface area (TPSA) is 131 Å². The standard InChI is InChI=1S/C37H69N2O6P/c1-3-5-7-9-11-13-15-17-18-19-20-22-24-26-28-30-36(40)35(34-45-46(42,43)44-33-32-38)39-37(41)31-29-27-25-23-21-16-14-12-10-8-6-4-2/h12,14-15,17,20,22,28,30,35-36,40H,3-11,13,16,18-19,21,23-27,29,31-34,38H2,1-2H3,(H,39,41)(H,42,43)/b14-12-,17-15+,22-20+,30-28+. The first-order chi connectivity index (χ1) is 22.4. The number of hydrogen-bond donors (Lipinski definition) is 4. The molecule has 8 nitrogen and oxygen atoms in total. The number of carbonyl (C=O) groups excluding carboxylic acids is 1. The lowest BCUT2D eigenvalue weighted by Gasteiger charge is -2.23. The number of hydrogen-bond acceptors (Lipinski definition) is 6. The van der Waals surface area contributed by atoms with Crippen LogP contribution in [0.4, 0.5) is 0 Å². The van der Waals surface area contributed by atoms with E-state index in [1.165, 1.54) is 64.2 Å². The van der Waals surface area contributed by atoms with Gasteiger partial charge in [0.1, 0.15) is 0 Å². The molecule has 0 aliphatic rings. The Balaban J connectivity index is 4.46. The second kappa shape index (κ2) is 33.4. The van der Waals surface area contributed by atoms with Crippen LogP contribution in [0.25, 0.3) is 0 Å². The van der Waals surface area contributed by atoms with E-state index >= 15 is 0 Å². The Bertz CT molecular complexity index is 861. The fourth-order valence-corrected chi connectivity index (χ4v) is 5.56. The van der Waals surface area contributed by atoms with E-state index in [-0.39, 0.29) is 25.7 Å². The number of nitrogens with one attached hydrogen (secondary N) is 1. The number of aliphatic hydroxyl groups excluding tert-OH is 1. The number of nitrogens with two attached hydrogens (primary N) is 1. The first-order valence-electron chi connectivity index (χ1n) is 18.3. The first kappa shape index (κ1) is 44.5. The summed E-state index contributed by atoms with van der Waals surface area (Å²) in [5, 5.41) is 13.5. The molecule has 0 aromatic carbocycles. The van der Waals surface area contributed by atoms with Gasteiger partial charge in [0.2, 0.25) is 5.91 Å². The number of allylic oxidation sites excluding steroid dienone is 7. The van der Waals surface area contributed by atoms with Gasteiger partial charge in [-0.15, -0.1) is 0 Å².